The lowest BCUT2D eigenvalue weighted by molar-refractivity contribution is 0.0955. The van der Waals surface area contributed by atoms with E-state index in [1.165, 1.54) is 19.4 Å². The number of nitrogens with one attached hydrogen (secondary N) is 1. The van der Waals surface area contributed by atoms with Gasteiger partial charge in [-0.3, -0.25) is 4.79 Å². The molecule has 0 aromatic heterocycles. The summed E-state index contributed by atoms with van der Waals surface area (Å²) in [5.74, 6) is 0.00121. The van der Waals surface area contributed by atoms with Crippen molar-refractivity contribution in [1.29, 1.82) is 0 Å². The van der Waals surface area contributed by atoms with E-state index < -0.39 is 0 Å². The number of carbonyl (C=O) groups excluding carboxylic acids is 1. The van der Waals surface area contributed by atoms with Crippen LogP contribution in [0.5, 0.6) is 11.5 Å². The number of hydrogen-bond donors (Lipinski definition) is 2. The minimum absolute atomic E-state index is 0.0170. The predicted octanol–water partition coefficient (Wildman–Crippen LogP) is 3.69. The summed E-state index contributed by atoms with van der Waals surface area (Å²) < 4.78 is 6.43. The summed E-state index contributed by atoms with van der Waals surface area (Å²) in [6.07, 6.45) is 1.43. The SMILES string of the molecule is COc1c(O)cc(/C=N\NC(=O)c2cccc(Br)c2)cc1Br. The van der Waals surface area contributed by atoms with Gasteiger partial charge in [0.05, 0.1) is 17.8 Å². The van der Waals surface area contributed by atoms with Crippen LogP contribution in [0.1, 0.15) is 15.9 Å². The molecule has 0 unspecified atom stereocenters. The molecule has 0 aliphatic rings. The maximum absolute atomic E-state index is 11.9. The highest BCUT2D eigenvalue weighted by Gasteiger charge is 2.08. The van der Waals surface area contributed by atoms with Crippen LogP contribution in [-0.4, -0.2) is 24.3 Å². The number of hydrogen-bond acceptors (Lipinski definition) is 4. The molecule has 5 nitrogen and oxygen atoms in total. The topological polar surface area (TPSA) is 70.9 Å². The zero-order chi connectivity index (χ0) is 16.1. The molecule has 2 aromatic rings. The van der Waals surface area contributed by atoms with Crippen molar-refractivity contribution in [3.05, 3.63) is 56.5 Å². The Kier molecular flexibility index (Phi) is 5.57. The number of rotatable bonds is 4. The highest BCUT2D eigenvalue weighted by atomic mass is 79.9. The van der Waals surface area contributed by atoms with Gasteiger partial charge >= 0.3 is 0 Å². The van der Waals surface area contributed by atoms with Gasteiger partial charge < -0.3 is 9.84 Å². The molecular formula is C15H12Br2N2O3. The molecule has 0 bridgehead atoms. The first-order chi connectivity index (χ1) is 10.5. The molecule has 1 amide bonds. The largest absolute Gasteiger partial charge is 0.504 e. The third kappa shape index (κ3) is 4.08. The number of amides is 1. The number of aromatic hydroxyl groups is 1. The molecule has 0 aliphatic heterocycles. The number of phenols is 1. The van der Waals surface area contributed by atoms with E-state index >= 15 is 0 Å². The molecule has 0 saturated carbocycles. The van der Waals surface area contributed by atoms with E-state index in [2.05, 4.69) is 42.4 Å². The van der Waals surface area contributed by atoms with Crippen LogP contribution >= 0.6 is 31.9 Å². The zero-order valence-electron chi connectivity index (χ0n) is 11.5. The number of halogens is 2. The minimum Gasteiger partial charge on any atom is -0.504 e. The molecular weight excluding hydrogens is 416 g/mol. The smallest absolute Gasteiger partial charge is 0.271 e. The van der Waals surface area contributed by atoms with Crippen LogP contribution in [0.3, 0.4) is 0 Å². The lowest BCUT2D eigenvalue weighted by Crippen LogP contribution is -2.17. The molecule has 22 heavy (non-hydrogen) atoms. The fourth-order valence-corrected chi connectivity index (χ4v) is 2.76. The Morgan fingerprint density at radius 1 is 1.32 bits per heavy atom. The van der Waals surface area contributed by atoms with Crippen LogP contribution in [0.25, 0.3) is 0 Å². The predicted molar refractivity (Wildman–Crippen MR) is 91.6 cm³/mol. The fraction of sp³-hybridized carbons (Fsp3) is 0.0667. The number of nitrogens with zero attached hydrogens (tertiary/aromatic N) is 1. The molecule has 0 atom stereocenters. The maximum atomic E-state index is 11.9. The standard InChI is InChI=1S/C15H12Br2N2O3/c1-22-14-12(17)5-9(6-13(14)20)8-18-19-15(21)10-3-2-4-11(16)7-10/h2-8,20H,1H3,(H,19,21)/b18-8-. The Bertz CT molecular complexity index is 709. The minimum atomic E-state index is -0.325. The molecule has 0 radical (unpaired) electrons. The molecule has 2 N–H and O–H groups in total. The van der Waals surface area contributed by atoms with Gasteiger partial charge in [-0.15, -0.1) is 0 Å². The number of carbonyl (C=O) groups is 1. The van der Waals surface area contributed by atoms with Crippen molar-refractivity contribution >= 4 is 44.0 Å². The zero-order valence-corrected chi connectivity index (χ0v) is 14.7. The highest BCUT2D eigenvalue weighted by Crippen LogP contribution is 2.34. The Hall–Kier alpha value is -1.86. The van der Waals surface area contributed by atoms with Crippen molar-refractivity contribution in [3.8, 4) is 11.5 Å². The van der Waals surface area contributed by atoms with Gasteiger partial charge in [0, 0.05) is 10.0 Å². The van der Waals surface area contributed by atoms with E-state index in [0.717, 1.165) is 4.47 Å². The average molecular weight is 428 g/mol. The van der Waals surface area contributed by atoms with Crippen molar-refractivity contribution in [2.75, 3.05) is 7.11 Å². The van der Waals surface area contributed by atoms with Gasteiger partial charge in [0.1, 0.15) is 0 Å². The normalized spacial score (nSPS) is 10.7. The third-order valence-electron chi connectivity index (χ3n) is 2.72. The molecule has 0 spiro atoms. The second kappa shape index (κ2) is 7.42. The molecule has 2 rings (SSSR count). The first kappa shape index (κ1) is 16.5. The molecule has 0 saturated heterocycles. The number of hydrazone groups is 1. The Morgan fingerprint density at radius 3 is 2.73 bits per heavy atom. The average Bonchev–Trinajstić information content (AvgIpc) is 2.47. The summed E-state index contributed by atoms with van der Waals surface area (Å²) in [5, 5.41) is 13.7. The van der Waals surface area contributed by atoms with Gasteiger partial charge in [0.15, 0.2) is 11.5 Å². The van der Waals surface area contributed by atoms with Crippen molar-refractivity contribution in [1.82, 2.24) is 5.43 Å². The van der Waals surface area contributed by atoms with E-state index in [9.17, 15) is 9.90 Å². The Labute approximate surface area is 144 Å². The maximum Gasteiger partial charge on any atom is 0.271 e. The number of benzene rings is 2. The first-order valence-corrected chi connectivity index (χ1v) is 7.75. The van der Waals surface area contributed by atoms with Crippen LogP contribution in [-0.2, 0) is 0 Å². The summed E-state index contributed by atoms with van der Waals surface area (Å²) in [6, 6.07) is 10.2. The third-order valence-corrected chi connectivity index (χ3v) is 3.80. The van der Waals surface area contributed by atoms with E-state index in [1.807, 2.05) is 6.07 Å². The van der Waals surface area contributed by atoms with Crippen molar-refractivity contribution in [2.45, 2.75) is 0 Å². The second-order valence-electron chi connectivity index (χ2n) is 4.26. The molecule has 0 heterocycles. The van der Waals surface area contributed by atoms with Crippen LogP contribution in [0.2, 0.25) is 0 Å². The van der Waals surface area contributed by atoms with E-state index in [4.69, 9.17) is 4.74 Å². The van der Waals surface area contributed by atoms with Crippen molar-refractivity contribution in [3.63, 3.8) is 0 Å². The van der Waals surface area contributed by atoms with Gasteiger partial charge in [0.2, 0.25) is 0 Å². The molecule has 2 aromatic carbocycles. The van der Waals surface area contributed by atoms with Crippen molar-refractivity contribution in [2.24, 2.45) is 5.10 Å². The quantitative estimate of drug-likeness (QED) is 0.577. The molecule has 0 fully saturated rings. The summed E-state index contributed by atoms with van der Waals surface area (Å²) >= 11 is 6.59. The summed E-state index contributed by atoms with van der Waals surface area (Å²) in [6.45, 7) is 0. The summed E-state index contributed by atoms with van der Waals surface area (Å²) in [7, 11) is 1.46. The highest BCUT2D eigenvalue weighted by molar-refractivity contribution is 9.10. The lowest BCUT2D eigenvalue weighted by atomic mass is 10.2. The number of ether oxygens (including phenoxy) is 1. The monoisotopic (exact) mass is 426 g/mol. The second-order valence-corrected chi connectivity index (χ2v) is 6.03. The van der Waals surface area contributed by atoms with Gasteiger partial charge in [-0.2, -0.15) is 5.10 Å². The van der Waals surface area contributed by atoms with E-state index in [-0.39, 0.29) is 11.7 Å². The Balaban J connectivity index is 2.08. The molecule has 7 heteroatoms. The summed E-state index contributed by atoms with van der Waals surface area (Å²) in [4.78, 5) is 11.9. The van der Waals surface area contributed by atoms with E-state index in [0.29, 0.717) is 21.3 Å². The van der Waals surface area contributed by atoms with Crippen LogP contribution in [0, 0.1) is 0 Å². The first-order valence-electron chi connectivity index (χ1n) is 6.16. The Morgan fingerprint density at radius 2 is 2.09 bits per heavy atom. The van der Waals surface area contributed by atoms with Gasteiger partial charge in [0.25, 0.3) is 5.91 Å². The molecule has 0 aliphatic carbocycles. The number of methoxy groups -OCH3 is 1. The lowest BCUT2D eigenvalue weighted by Gasteiger charge is -2.06. The van der Waals surface area contributed by atoms with Crippen LogP contribution < -0.4 is 10.2 Å². The molecule has 114 valence electrons. The van der Waals surface area contributed by atoms with Crippen LogP contribution in [0.15, 0.2) is 50.4 Å². The van der Waals surface area contributed by atoms with Crippen LogP contribution in [0.4, 0.5) is 0 Å². The summed E-state index contributed by atoms with van der Waals surface area (Å²) in [5.41, 5.74) is 3.53. The van der Waals surface area contributed by atoms with Gasteiger partial charge in [-0.25, -0.2) is 5.43 Å². The van der Waals surface area contributed by atoms with E-state index in [1.54, 1.807) is 24.3 Å². The van der Waals surface area contributed by atoms with Crippen molar-refractivity contribution < 1.29 is 14.6 Å². The number of phenolic OH excluding ortho intramolecular Hbond substituents is 1. The van der Waals surface area contributed by atoms with Gasteiger partial charge in [-0.05, 0) is 51.8 Å². The van der Waals surface area contributed by atoms with Gasteiger partial charge in [-0.1, -0.05) is 22.0 Å². The fourth-order valence-electron chi connectivity index (χ4n) is 1.74.